The molecule has 1 N–H and O–H groups in total. The van der Waals surface area contributed by atoms with E-state index in [2.05, 4.69) is 55.3 Å². The molecule has 2 unspecified atom stereocenters. The maximum atomic E-state index is 3.38. The van der Waals surface area contributed by atoms with Crippen molar-refractivity contribution in [1.82, 2.24) is 5.32 Å². The smallest absolute Gasteiger partial charge is 0.0405 e. The van der Waals surface area contributed by atoms with E-state index >= 15 is 0 Å². The van der Waals surface area contributed by atoms with Crippen LogP contribution in [-0.4, -0.2) is 25.7 Å². The highest BCUT2D eigenvalue weighted by molar-refractivity contribution is 5.61. The average molecular weight is 218 g/mol. The highest BCUT2D eigenvalue weighted by atomic mass is 15.2. The molecule has 0 fully saturated rings. The highest BCUT2D eigenvalue weighted by Crippen LogP contribution is 2.38. The SMILES string of the molecule is CNC(C)C1CN(C(C)C)c2ccccc21. The van der Waals surface area contributed by atoms with Gasteiger partial charge in [-0.2, -0.15) is 0 Å². The number of hydrogen-bond acceptors (Lipinski definition) is 2. The van der Waals surface area contributed by atoms with E-state index in [1.807, 2.05) is 7.05 Å². The molecule has 1 heterocycles. The minimum Gasteiger partial charge on any atom is -0.368 e. The average Bonchev–Trinajstić information content (AvgIpc) is 2.67. The van der Waals surface area contributed by atoms with Gasteiger partial charge in [-0.15, -0.1) is 0 Å². The van der Waals surface area contributed by atoms with Crippen molar-refractivity contribution in [3.8, 4) is 0 Å². The van der Waals surface area contributed by atoms with Crippen molar-refractivity contribution < 1.29 is 0 Å². The van der Waals surface area contributed by atoms with Gasteiger partial charge in [0, 0.05) is 30.2 Å². The first kappa shape index (κ1) is 11.5. The predicted molar refractivity (Wildman–Crippen MR) is 70.2 cm³/mol. The lowest BCUT2D eigenvalue weighted by Crippen LogP contribution is -2.35. The third-order valence-electron chi connectivity index (χ3n) is 3.72. The first-order valence-electron chi connectivity index (χ1n) is 6.18. The van der Waals surface area contributed by atoms with Crippen LogP contribution in [0.25, 0.3) is 0 Å². The fraction of sp³-hybridized carbons (Fsp3) is 0.571. The summed E-state index contributed by atoms with van der Waals surface area (Å²) in [6.07, 6.45) is 0. The van der Waals surface area contributed by atoms with Gasteiger partial charge in [0.1, 0.15) is 0 Å². The number of nitrogens with zero attached hydrogens (tertiary/aromatic N) is 1. The van der Waals surface area contributed by atoms with Crippen molar-refractivity contribution in [2.75, 3.05) is 18.5 Å². The molecule has 0 spiro atoms. The zero-order chi connectivity index (χ0) is 11.7. The maximum absolute atomic E-state index is 3.38. The van der Waals surface area contributed by atoms with Gasteiger partial charge in [0.05, 0.1) is 0 Å². The summed E-state index contributed by atoms with van der Waals surface area (Å²) in [6, 6.07) is 9.92. The standard InChI is InChI=1S/C14H22N2/c1-10(2)16-9-13(11(3)15-4)12-7-5-6-8-14(12)16/h5-8,10-11,13,15H,9H2,1-4H3. The van der Waals surface area contributed by atoms with E-state index in [9.17, 15) is 0 Å². The predicted octanol–water partition coefficient (Wildman–Crippen LogP) is 2.61. The van der Waals surface area contributed by atoms with Crippen LogP contribution in [0.2, 0.25) is 0 Å². The lowest BCUT2D eigenvalue weighted by atomic mass is 9.95. The normalized spacial score (nSPS) is 21.3. The van der Waals surface area contributed by atoms with Gasteiger partial charge >= 0.3 is 0 Å². The van der Waals surface area contributed by atoms with Crippen LogP contribution in [0, 0.1) is 0 Å². The quantitative estimate of drug-likeness (QED) is 0.839. The molecule has 0 aromatic heterocycles. The van der Waals surface area contributed by atoms with Gasteiger partial charge in [-0.1, -0.05) is 18.2 Å². The van der Waals surface area contributed by atoms with E-state index in [1.165, 1.54) is 11.3 Å². The van der Waals surface area contributed by atoms with E-state index in [-0.39, 0.29) is 0 Å². The van der Waals surface area contributed by atoms with Gasteiger partial charge in [0.15, 0.2) is 0 Å². The molecule has 1 aliphatic heterocycles. The van der Waals surface area contributed by atoms with E-state index in [1.54, 1.807) is 0 Å². The van der Waals surface area contributed by atoms with Gasteiger partial charge < -0.3 is 10.2 Å². The number of para-hydroxylation sites is 1. The Morgan fingerprint density at radius 3 is 2.56 bits per heavy atom. The van der Waals surface area contributed by atoms with Crippen LogP contribution in [0.1, 0.15) is 32.3 Å². The lowest BCUT2D eigenvalue weighted by molar-refractivity contribution is 0.500. The summed E-state index contributed by atoms with van der Waals surface area (Å²) in [6.45, 7) is 7.94. The van der Waals surface area contributed by atoms with Gasteiger partial charge in [-0.05, 0) is 39.4 Å². The zero-order valence-corrected chi connectivity index (χ0v) is 10.7. The monoisotopic (exact) mass is 218 g/mol. The van der Waals surface area contributed by atoms with Crippen LogP contribution in [0.4, 0.5) is 5.69 Å². The molecule has 2 rings (SSSR count). The summed E-state index contributed by atoms with van der Waals surface area (Å²) in [5.74, 6) is 0.614. The number of nitrogens with one attached hydrogen (secondary N) is 1. The molecule has 88 valence electrons. The Morgan fingerprint density at radius 1 is 1.25 bits per heavy atom. The number of hydrogen-bond donors (Lipinski definition) is 1. The number of anilines is 1. The van der Waals surface area contributed by atoms with Crippen molar-refractivity contribution in [3.05, 3.63) is 29.8 Å². The molecule has 0 radical (unpaired) electrons. The number of benzene rings is 1. The minimum absolute atomic E-state index is 0.532. The Morgan fingerprint density at radius 2 is 1.94 bits per heavy atom. The van der Waals surface area contributed by atoms with Crippen LogP contribution >= 0.6 is 0 Å². The Labute approximate surface area is 98.7 Å². The number of fused-ring (bicyclic) bond motifs is 1. The maximum Gasteiger partial charge on any atom is 0.0405 e. The van der Waals surface area contributed by atoms with Crippen LogP contribution in [0.5, 0.6) is 0 Å². The molecule has 0 saturated heterocycles. The molecule has 0 aliphatic carbocycles. The van der Waals surface area contributed by atoms with Crippen LogP contribution in [0.15, 0.2) is 24.3 Å². The van der Waals surface area contributed by atoms with Crippen molar-refractivity contribution in [3.63, 3.8) is 0 Å². The molecule has 0 saturated carbocycles. The first-order valence-corrected chi connectivity index (χ1v) is 6.18. The molecular weight excluding hydrogens is 196 g/mol. The fourth-order valence-electron chi connectivity index (χ4n) is 2.59. The molecule has 0 bridgehead atoms. The third-order valence-corrected chi connectivity index (χ3v) is 3.72. The molecule has 1 aliphatic rings. The van der Waals surface area contributed by atoms with E-state index in [0.29, 0.717) is 18.0 Å². The molecule has 16 heavy (non-hydrogen) atoms. The van der Waals surface area contributed by atoms with E-state index in [0.717, 1.165) is 6.54 Å². The number of likely N-dealkylation sites (N-methyl/N-ethyl adjacent to an activating group) is 1. The Bertz CT molecular complexity index is 360. The van der Waals surface area contributed by atoms with Crippen LogP contribution in [0.3, 0.4) is 0 Å². The molecule has 2 heteroatoms. The summed E-state index contributed by atoms with van der Waals surface area (Å²) in [5.41, 5.74) is 2.92. The van der Waals surface area contributed by atoms with Crippen molar-refractivity contribution in [2.45, 2.75) is 38.8 Å². The second kappa shape index (κ2) is 4.46. The van der Waals surface area contributed by atoms with Crippen LogP contribution in [-0.2, 0) is 0 Å². The topological polar surface area (TPSA) is 15.3 Å². The molecule has 0 amide bonds. The zero-order valence-electron chi connectivity index (χ0n) is 10.7. The number of rotatable bonds is 3. The molecule has 2 nitrogen and oxygen atoms in total. The highest BCUT2D eigenvalue weighted by Gasteiger charge is 2.32. The Kier molecular flexibility index (Phi) is 3.20. The van der Waals surface area contributed by atoms with Gasteiger partial charge in [0.25, 0.3) is 0 Å². The second-order valence-electron chi connectivity index (χ2n) is 4.99. The summed E-state index contributed by atoms with van der Waals surface area (Å²) >= 11 is 0. The van der Waals surface area contributed by atoms with Gasteiger partial charge in [0.2, 0.25) is 0 Å². The molecule has 1 aromatic carbocycles. The summed E-state index contributed by atoms with van der Waals surface area (Å²) in [4.78, 5) is 2.51. The summed E-state index contributed by atoms with van der Waals surface area (Å²) in [5, 5.41) is 3.38. The molecular formula is C14H22N2. The first-order chi connectivity index (χ1) is 7.65. The van der Waals surface area contributed by atoms with Gasteiger partial charge in [-0.3, -0.25) is 0 Å². The lowest BCUT2D eigenvalue weighted by Gasteiger charge is -2.25. The van der Waals surface area contributed by atoms with Crippen molar-refractivity contribution >= 4 is 5.69 Å². The van der Waals surface area contributed by atoms with E-state index < -0.39 is 0 Å². The van der Waals surface area contributed by atoms with Crippen molar-refractivity contribution in [1.29, 1.82) is 0 Å². The summed E-state index contributed by atoms with van der Waals surface area (Å²) in [7, 11) is 2.05. The molecule has 1 aromatic rings. The largest absolute Gasteiger partial charge is 0.368 e. The van der Waals surface area contributed by atoms with E-state index in [4.69, 9.17) is 0 Å². The Balaban J connectivity index is 2.35. The third kappa shape index (κ3) is 1.82. The molecule has 2 atom stereocenters. The fourth-order valence-corrected chi connectivity index (χ4v) is 2.59. The minimum atomic E-state index is 0.532. The Hall–Kier alpha value is -1.02. The van der Waals surface area contributed by atoms with Crippen molar-refractivity contribution in [2.24, 2.45) is 0 Å². The summed E-state index contributed by atoms with van der Waals surface area (Å²) < 4.78 is 0. The second-order valence-corrected chi connectivity index (χ2v) is 4.99. The van der Waals surface area contributed by atoms with Crippen LogP contribution < -0.4 is 10.2 Å². The van der Waals surface area contributed by atoms with Gasteiger partial charge in [-0.25, -0.2) is 0 Å².